The minimum absolute atomic E-state index is 0.457. The molecule has 1 aliphatic rings. The van der Waals surface area contributed by atoms with Gasteiger partial charge in [-0.1, -0.05) is 31.2 Å². The molecule has 0 radical (unpaired) electrons. The minimum Gasteiger partial charge on any atom is -0.381 e. The Bertz CT molecular complexity index is 301. The van der Waals surface area contributed by atoms with Gasteiger partial charge in [0.25, 0.3) is 0 Å². The Hall–Kier alpha value is -0.860. The van der Waals surface area contributed by atoms with Gasteiger partial charge in [0.2, 0.25) is 0 Å². The fourth-order valence-electron chi connectivity index (χ4n) is 2.03. The molecule has 0 spiro atoms. The zero-order valence-corrected chi connectivity index (χ0v) is 9.28. The van der Waals surface area contributed by atoms with Gasteiger partial charge in [-0.05, 0) is 30.0 Å². The van der Waals surface area contributed by atoms with Crippen LogP contribution in [-0.2, 0) is 4.74 Å². The average molecular weight is 205 g/mol. The molecule has 0 saturated carbocycles. The molecular weight excluding hydrogens is 186 g/mol. The van der Waals surface area contributed by atoms with E-state index in [4.69, 9.17) is 10.5 Å². The van der Waals surface area contributed by atoms with Crippen LogP contribution in [0.5, 0.6) is 0 Å². The summed E-state index contributed by atoms with van der Waals surface area (Å²) in [6, 6.07) is 8.85. The first-order chi connectivity index (χ1) is 7.31. The quantitative estimate of drug-likeness (QED) is 0.821. The number of hydrogen-bond donors (Lipinski definition) is 1. The minimum atomic E-state index is 0.457. The van der Waals surface area contributed by atoms with Crippen molar-refractivity contribution in [3.63, 3.8) is 0 Å². The molecule has 0 aromatic heterocycles. The first kappa shape index (κ1) is 10.7. The van der Waals surface area contributed by atoms with Crippen LogP contribution in [0.4, 0.5) is 0 Å². The first-order valence-electron chi connectivity index (χ1n) is 5.69. The molecule has 2 heteroatoms. The fraction of sp³-hybridized carbons (Fsp3) is 0.538. The number of hydrogen-bond acceptors (Lipinski definition) is 2. The molecule has 82 valence electrons. The highest BCUT2D eigenvalue weighted by Gasteiger charge is 2.17. The maximum absolute atomic E-state index is 5.64. The Morgan fingerprint density at radius 3 is 2.67 bits per heavy atom. The zero-order chi connectivity index (χ0) is 10.7. The van der Waals surface area contributed by atoms with Crippen molar-refractivity contribution in [2.45, 2.75) is 25.2 Å². The predicted molar refractivity (Wildman–Crippen MR) is 62.1 cm³/mol. The summed E-state index contributed by atoms with van der Waals surface area (Å²) in [5, 5.41) is 0. The van der Waals surface area contributed by atoms with Crippen molar-refractivity contribution in [1.29, 1.82) is 0 Å². The summed E-state index contributed by atoms with van der Waals surface area (Å²) in [5.41, 5.74) is 8.38. The summed E-state index contributed by atoms with van der Waals surface area (Å²) in [6.07, 6.45) is 1.16. The van der Waals surface area contributed by atoms with E-state index in [1.807, 2.05) is 0 Å². The molecule has 0 bridgehead atoms. The van der Waals surface area contributed by atoms with Crippen LogP contribution in [0.3, 0.4) is 0 Å². The Morgan fingerprint density at radius 1 is 1.40 bits per heavy atom. The van der Waals surface area contributed by atoms with Crippen LogP contribution in [0.1, 0.15) is 36.3 Å². The second-order valence-electron chi connectivity index (χ2n) is 4.36. The van der Waals surface area contributed by atoms with Gasteiger partial charge < -0.3 is 10.5 Å². The maximum Gasteiger partial charge on any atom is 0.0535 e. The van der Waals surface area contributed by atoms with Gasteiger partial charge in [-0.2, -0.15) is 0 Å². The summed E-state index contributed by atoms with van der Waals surface area (Å²) in [6.45, 7) is 4.66. The molecule has 1 aliphatic heterocycles. The Balaban J connectivity index is 2.09. The standard InChI is InChI=1S/C13H19NO/c1-10(8-14)11-2-4-12(5-3-11)13-6-7-15-9-13/h2-5,10,13H,6-9,14H2,1H3. The van der Waals surface area contributed by atoms with E-state index in [-0.39, 0.29) is 0 Å². The van der Waals surface area contributed by atoms with Crippen molar-refractivity contribution in [3.05, 3.63) is 35.4 Å². The molecule has 2 atom stereocenters. The van der Waals surface area contributed by atoms with Crippen molar-refractivity contribution in [2.75, 3.05) is 19.8 Å². The monoisotopic (exact) mass is 205 g/mol. The number of nitrogens with two attached hydrogens (primary N) is 1. The molecule has 2 nitrogen and oxygen atoms in total. The fourth-order valence-corrected chi connectivity index (χ4v) is 2.03. The number of rotatable bonds is 3. The van der Waals surface area contributed by atoms with Gasteiger partial charge in [0.1, 0.15) is 0 Å². The molecule has 2 unspecified atom stereocenters. The van der Waals surface area contributed by atoms with Crippen molar-refractivity contribution in [3.8, 4) is 0 Å². The summed E-state index contributed by atoms with van der Waals surface area (Å²) >= 11 is 0. The zero-order valence-electron chi connectivity index (χ0n) is 9.28. The highest BCUT2D eigenvalue weighted by atomic mass is 16.5. The molecule has 1 saturated heterocycles. The second kappa shape index (κ2) is 4.77. The molecule has 15 heavy (non-hydrogen) atoms. The third kappa shape index (κ3) is 2.39. The van der Waals surface area contributed by atoms with Crippen LogP contribution >= 0.6 is 0 Å². The van der Waals surface area contributed by atoms with Gasteiger partial charge in [0.05, 0.1) is 6.61 Å². The van der Waals surface area contributed by atoms with Crippen LogP contribution in [0.25, 0.3) is 0 Å². The van der Waals surface area contributed by atoms with E-state index in [0.717, 1.165) is 19.6 Å². The molecule has 2 rings (SSSR count). The highest BCUT2D eigenvalue weighted by molar-refractivity contribution is 5.28. The van der Waals surface area contributed by atoms with Crippen LogP contribution < -0.4 is 5.73 Å². The molecule has 0 amide bonds. The lowest BCUT2D eigenvalue weighted by molar-refractivity contribution is 0.194. The normalized spacial score (nSPS) is 22.9. The summed E-state index contributed by atoms with van der Waals surface area (Å²) in [5.74, 6) is 1.06. The van der Waals surface area contributed by atoms with E-state index in [9.17, 15) is 0 Å². The van der Waals surface area contributed by atoms with Crippen LogP contribution in [0.15, 0.2) is 24.3 Å². The van der Waals surface area contributed by atoms with Crippen molar-refractivity contribution < 1.29 is 4.74 Å². The Kier molecular flexibility index (Phi) is 3.39. The Morgan fingerprint density at radius 2 is 2.13 bits per heavy atom. The lowest BCUT2D eigenvalue weighted by Gasteiger charge is -2.12. The van der Waals surface area contributed by atoms with Gasteiger partial charge >= 0.3 is 0 Å². The third-order valence-corrected chi connectivity index (χ3v) is 3.26. The SMILES string of the molecule is CC(CN)c1ccc(C2CCOC2)cc1. The summed E-state index contributed by atoms with van der Waals surface area (Å²) in [7, 11) is 0. The smallest absolute Gasteiger partial charge is 0.0535 e. The molecular formula is C13H19NO. The lowest BCUT2D eigenvalue weighted by atomic mass is 9.94. The van der Waals surface area contributed by atoms with Gasteiger partial charge in [-0.15, -0.1) is 0 Å². The van der Waals surface area contributed by atoms with E-state index in [1.165, 1.54) is 11.1 Å². The maximum atomic E-state index is 5.64. The number of benzene rings is 1. The van der Waals surface area contributed by atoms with Crippen LogP contribution in [0, 0.1) is 0 Å². The third-order valence-electron chi connectivity index (χ3n) is 3.26. The van der Waals surface area contributed by atoms with Crippen LogP contribution in [0.2, 0.25) is 0 Å². The lowest BCUT2D eigenvalue weighted by Crippen LogP contribution is -2.09. The van der Waals surface area contributed by atoms with E-state index in [1.54, 1.807) is 0 Å². The molecule has 0 aliphatic carbocycles. The average Bonchev–Trinajstić information content (AvgIpc) is 2.82. The van der Waals surface area contributed by atoms with Gasteiger partial charge in [-0.25, -0.2) is 0 Å². The molecule has 1 fully saturated rings. The summed E-state index contributed by atoms with van der Waals surface area (Å²) in [4.78, 5) is 0. The van der Waals surface area contributed by atoms with Crippen LogP contribution in [-0.4, -0.2) is 19.8 Å². The Labute approximate surface area is 91.4 Å². The van der Waals surface area contributed by atoms with Gasteiger partial charge in [0.15, 0.2) is 0 Å². The van der Waals surface area contributed by atoms with Crippen molar-refractivity contribution in [2.24, 2.45) is 5.73 Å². The summed E-state index contributed by atoms with van der Waals surface area (Å²) < 4.78 is 5.39. The topological polar surface area (TPSA) is 35.2 Å². The van der Waals surface area contributed by atoms with Gasteiger partial charge in [0, 0.05) is 12.5 Å². The molecule has 1 aromatic rings. The van der Waals surface area contributed by atoms with E-state index >= 15 is 0 Å². The number of ether oxygens (including phenoxy) is 1. The second-order valence-corrected chi connectivity index (χ2v) is 4.36. The largest absolute Gasteiger partial charge is 0.381 e. The van der Waals surface area contributed by atoms with E-state index in [0.29, 0.717) is 18.4 Å². The predicted octanol–water partition coefficient (Wildman–Crippen LogP) is 2.25. The van der Waals surface area contributed by atoms with Gasteiger partial charge in [-0.3, -0.25) is 0 Å². The molecule has 2 N–H and O–H groups in total. The molecule has 1 heterocycles. The van der Waals surface area contributed by atoms with Crippen molar-refractivity contribution >= 4 is 0 Å². The highest BCUT2D eigenvalue weighted by Crippen LogP contribution is 2.26. The van der Waals surface area contributed by atoms with E-state index < -0.39 is 0 Å². The molecule has 1 aromatic carbocycles. The first-order valence-corrected chi connectivity index (χ1v) is 5.69. The van der Waals surface area contributed by atoms with Crippen molar-refractivity contribution in [1.82, 2.24) is 0 Å². The van der Waals surface area contributed by atoms with E-state index in [2.05, 4.69) is 31.2 Å².